The summed E-state index contributed by atoms with van der Waals surface area (Å²) in [7, 11) is 0. The van der Waals surface area contributed by atoms with Crippen LogP contribution in [-0.2, 0) is 0 Å². The number of hydrogen-bond donors (Lipinski definition) is 0. The molecule has 4 aromatic carbocycles. The summed E-state index contributed by atoms with van der Waals surface area (Å²) in [4.78, 5) is 2.53. The molecule has 35 heavy (non-hydrogen) atoms. The van der Waals surface area contributed by atoms with Gasteiger partial charge in [-0.25, -0.2) is 5.01 Å². The first-order valence-electron chi connectivity index (χ1n) is 12.4. The van der Waals surface area contributed by atoms with Crippen molar-refractivity contribution >= 4 is 29.4 Å². The van der Waals surface area contributed by atoms with Crippen LogP contribution in [0.15, 0.2) is 118 Å². The number of nitrogens with zero attached hydrogens (tertiary/aromatic N) is 2. The first-order chi connectivity index (χ1) is 17.1. The molecule has 0 aliphatic heterocycles. The van der Waals surface area contributed by atoms with Gasteiger partial charge >= 0.3 is 0 Å². The number of aryl methyl sites for hydroxylation is 2. The lowest BCUT2D eigenvalue weighted by Gasteiger charge is -2.19. The van der Waals surface area contributed by atoms with Gasteiger partial charge in [-0.2, -0.15) is 5.10 Å². The van der Waals surface area contributed by atoms with Gasteiger partial charge in [-0.05, 0) is 66.9 Å². The molecule has 0 aromatic heterocycles. The van der Waals surface area contributed by atoms with E-state index in [1.54, 1.807) is 11.8 Å². The van der Waals surface area contributed by atoms with Gasteiger partial charge in [0.1, 0.15) is 0 Å². The molecule has 0 N–H and O–H groups in total. The number of benzene rings is 4. The van der Waals surface area contributed by atoms with E-state index >= 15 is 0 Å². The molecule has 0 saturated heterocycles. The van der Waals surface area contributed by atoms with Crippen molar-refractivity contribution < 1.29 is 0 Å². The minimum atomic E-state index is 1.03. The molecule has 182 valence electrons. The monoisotopic (exact) mass is 482 g/mol. The van der Waals surface area contributed by atoms with Crippen molar-refractivity contribution in [1.82, 2.24) is 0 Å². The van der Waals surface area contributed by atoms with Crippen molar-refractivity contribution in [2.45, 2.75) is 57.8 Å². The van der Waals surface area contributed by atoms with Crippen LogP contribution >= 0.6 is 11.8 Å². The maximum atomic E-state index is 4.83. The first kappa shape index (κ1) is 27.9. The Morgan fingerprint density at radius 3 is 1.69 bits per heavy atom. The summed E-state index contributed by atoms with van der Waals surface area (Å²) in [6.45, 7) is 12.6. The Labute approximate surface area is 216 Å². The number of rotatable bonds is 6. The van der Waals surface area contributed by atoms with Gasteiger partial charge in [-0.15, -0.1) is 0 Å². The molecular formula is C32H38N2S. The summed E-state index contributed by atoms with van der Waals surface area (Å²) in [5.74, 6) is 0. The first-order valence-corrected chi connectivity index (χ1v) is 13.2. The van der Waals surface area contributed by atoms with Gasteiger partial charge in [0.05, 0.1) is 17.6 Å². The third-order valence-electron chi connectivity index (χ3n) is 4.85. The third kappa shape index (κ3) is 8.77. The van der Waals surface area contributed by atoms with Crippen LogP contribution in [0.5, 0.6) is 0 Å². The smallest absolute Gasteiger partial charge is 0.0652 e. The highest BCUT2D eigenvalue weighted by Crippen LogP contribution is 2.33. The zero-order valence-electron chi connectivity index (χ0n) is 21.9. The highest BCUT2D eigenvalue weighted by Gasteiger charge is 2.08. The lowest BCUT2D eigenvalue weighted by molar-refractivity contribution is 1.09. The molecule has 0 fully saturated rings. The quantitative estimate of drug-likeness (QED) is 0.201. The van der Waals surface area contributed by atoms with E-state index in [0.717, 1.165) is 16.9 Å². The van der Waals surface area contributed by atoms with Crippen LogP contribution in [0, 0.1) is 13.8 Å². The van der Waals surface area contributed by atoms with Crippen LogP contribution in [0.25, 0.3) is 0 Å². The highest BCUT2D eigenvalue weighted by atomic mass is 32.2. The molecule has 2 nitrogen and oxygen atoms in total. The molecule has 0 saturated carbocycles. The van der Waals surface area contributed by atoms with Gasteiger partial charge in [0.25, 0.3) is 0 Å². The Kier molecular flexibility index (Phi) is 12.4. The van der Waals surface area contributed by atoms with Crippen molar-refractivity contribution in [2.24, 2.45) is 5.10 Å². The molecule has 0 bridgehead atoms. The van der Waals surface area contributed by atoms with Crippen LogP contribution in [-0.4, -0.2) is 6.21 Å². The molecule has 0 aliphatic carbocycles. The molecule has 0 unspecified atom stereocenters. The Morgan fingerprint density at radius 1 is 0.657 bits per heavy atom. The molecular weight excluding hydrogens is 444 g/mol. The molecule has 0 radical (unpaired) electrons. The predicted octanol–water partition coefficient (Wildman–Crippen LogP) is 10.1. The van der Waals surface area contributed by atoms with Crippen LogP contribution in [0.1, 0.15) is 50.8 Å². The zero-order valence-corrected chi connectivity index (χ0v) is 22.7. The van der Waals surface area contributed by atoms with E-state index in [4.69, 9.17) is 5.10 Å². The lowest BCUT2D eigenvalue weighted by Crippen LogP contribution is -2.09. The summed E-state index contributed by atoms with van der Waals surface area (Å²) in [5, 5.41) is 6.80. The second-order valence-corrected chi connectivity index (χ2v) is 8.91. The van der Waals surface area contributed by atoms with Crippen molar-refractivity contribution in [3.8, 4) is 0 Å². The van der Waals surface area contributed by atoms with Crippen LogP contribution in [0.2, 0.25) is 0 Å². The topological polar surface area (TPSA) is 15.6 Å². The zero-order chi connectivity index (χ0) is 25.5. The van der Waals surface area contributed by atoms with Gasteiger partial charge in [-0.1, -0.05) is 113 Å². The van der Waals surface area contributed by atoms with Crippen LogP contribution < -0.4 is 5.01 Å². The van der Waals surface area contributed by atoms with Crippen molar-refractivity contribution in [1.29, 1.82) is 0 Å². The van der Waals surface area contributed by atoms with Crippen LogP contribution in [0.3, 0.4) is 0 Å². The molecule has 0 spiro atoms. The second-order valence-electron chi connectivity index (χ2n) is 7.83. The minimum Gasteiger partial charge on any atom is -0.234 e. The summed E-state index contributed by atoms with van der Waals surface area (Å²) in [5.41, 5.74) is 5.69. The van der Waals surface area contributed by atoms with E-state index in [-0.39, 0.29) is 0 Å². The Hall–Kier alpha value is -3.30. The summed E-state index contributed by atoms with van der Waals surface area (Å²) < 4.78 is 0. The fraction of sp³-hybridized carbons (Fsp3) is 0.219. The van der Waals surface area contributed by atoms with Gasteiger partial charge in [0.2, 0.25) is 0 Å². The third-order valence-corrected chi connectivity index (χ3v) is 6.19. The van der Waals surface area contributed by atoms with Crippen LogP contribution in [0.4, 0.5) is 11.4 Å². The SMILES string of the molecule is CC.CCC.Cc1ccccc1Sc1cc(C=NN(c2ccccc2)c2ccccc2)ccc1C. The Balaban J connectivity index is 0.000000803. The average molecular weight is 483 g/mol. The minimum absolute atomic E-state index is 1.03. The second kappa shape index (κ2) is 15.6. The number of anilines is 2. The Bertz CT molecular complexity index is 1120. The highest BCUT2D eigenvalue weighted by molar-refractivity contribution is 7.99. The number of hydrazone groups is 1. The largest absolute Gasteiger partial charge is 0.234 e. The summed E-state index contributed by atoms with van der Waals surface area (Å²) >= 11 is 1.81. The summed E-state index contributed by atoms with van der Waals surface area (Å²) in [6.07, 6.45) is 3.18. The Morgan fingerprint density at radius 2 is 1.14 bits per heavy atom. The number of para-hydroxylation sites is 2. The molecule has 0 heterocycles. The normalized spacial score (nSPS) is 10.1. The van der Waals surface area contributed by atoms with Crippen molar-refractivity contribution in [3.05, 3.63) is 120 Å². The molecule has 0 amide bonds. The fourth-order valence-corrected chi connectivity index (χ4v) is 4.18. The maximum Gasteiger partial charge on any atom is 0.0652 e. The van der Waals surface area contributed by atoms with E-state index < -0.39 is 0 Å². The molecule has 0 aliphatic rings. The number of hydrogen-bond acceptors (Lipinski definition) is 3. The molecule has 0 atom stereocenters. The van der Waals surface area contributed by atoms with Gasteiger partial charge in [-0.3, -0.25) is 0 Å². The van der Waals surface area contributed by atoms with Gasteiger partial charge in [0, 0.05) is 9.79 Å². The van der Waals surface area contributed by atoms with Gasteiger partial charge < -0.3 is 0 Å². The van der Waals surface area contributed by atoms with E-state index in [2.05, 4.69) is 94.4 Å². The standard InChI is InChI=1S/C27H24N2S.C3H8.C2H6/c1-21-11-9-10-16-26(21)30-27-19-23(18-17-22(27)2)20-28-29(24-12-5-3-6-13-24)25-14-7-4-8-15-25;1-3-2;1-2/h3-20H,1-2H3;3H2,1-2H3;1-2H3. The molecule has 4 aromatic rings. The molecule has 3 heteroatoms. The average Bonchev–Trinajstić information content (AvgIpc) is 2.90. The van der Waals surface area contributed by atoms with Crippen molar-refractivity contribution in [2.75, 3.05) is 5.01 Å². The summed E-state index contributed by atoms with van der Waals surface area (Å²) in [6, 6.07) is 35.4. The van der Waals surface area contributed by atoms with Gasteiger partial charge in [0.15, 0.2) is 0 Å². The van der Waals surface area contributed by atoms with Crippen molar-refractivity contribution in [3.63, 3.8) is 0 Å². The maximum absolute atomic E-state index is 4.83. The lowest BCUT2D eigenvalue weighted by atomic mass is 10.2. The van der Waals surface area contributed by atoms with E-state index in [1.165, 1.54) is 27.3 Å². The molecule has 4 rings (SSSR count). The van der Waals surface area contributed by atoms with E-state index in [9.17, 15) is 0 Å². The fourth-order valence-electron chi connectivity index (χ4n) is 3.14. The predicted molar refractivity (Wildman–Crippen MR) is 156 cm³/mol. The van der Waals surface area contributed by atoms with E-state index in [1.807, 2.05) is 61.5 Å². The van der Waals surface area contributed by atoms with E-state index in [0.29, 0.717) is 0 Å².